The number of aryl methyl sites for hydroxylation is 1. The predicted octanol–water partition coefficient (Wildman–Crippen LogP) is 3.76. The summed E-state index contributed by atoms with van der Waals surface area (Å²) >= 11 is 0. The fraction of sp³-hybridized carbons (Fsp3) is 0.440. The second kappa shape index (κ2) is 12.1. The number of nitrogens with zero attached hydrogens (tertiary/aromatic N) is 2. The molecular formula is C25H33F2N3O4S. The minimum absolute atomic E-state index is 0.0704. The monoisotopic (exact) mass is 509 g/mol. The Bertz CT molecular complexity index is 1140. The zero-order valence-electron chi connectivity index (χ0n) is 20.7. The average molecular weight is 510 g/mol. The van der Waals surface area contributed by atoms with Gasteiger partial charge in [0, 0.05) is 18.7 Å². The zero-order valence-corrected chi connectivity index (χ0v) is 21.5. The topological polar surface area (TPSA) is 86.8 Å². The van der Waals surface area contributed by atoms with Crippen LogP contribution in [0.25, 0.3) is 0 Å². The third-order valence-electron chi connectivity index (χ3n) is 5.73. The molecule has 2 amide bonds. The summed E-state index contributed by atoms with van der Waals surface area (Å²) in [6, 6.07) is 9.06. The molecular weight excluding hydrogens is 476 g/mol. The Labute approximate surface area is 206 Å². The molecule has 0 unspecified atom stereocenters. The van der Waals surface area contributed by atoms with Crippen LogP contribution in [0, 0.1) is 18.6 Å². The lowest BCUT2D eigenvalue weighted by atomic mass is 10.1. The van der Waals surface area contributed by atoms with Gasteiger partial charge in [0.15, 0.2) is 11.6 Å². The Kier molecular flexibility index (Phi) is 9.76. The van der Waals surface area contributed by atoms with Crippen molar-refractivity contribution < 1.29 is 26.8 Å². The first-order valence-electron chi connectivity index (χ1n) is 11.5. The van der Waals surface area contributed by atoms with E-state index in [9.17, 15) is 26.8 Å². The van der Waals surface area contributed by atoms with E-state index in [1.807, 2.05) is 45.0 Å². The Morgan fingerprint density at radius 3 is 2.14 bits per heavy atom. The molecule has 192 valence electrons. The molecule has 1 N–H and O–H groups in total. The van der Waals surface area contributed by atoms with Crippen LogP contribution in [0.15, 0.2) is 42.5 Å². The third-order valence-corrected chi connectivity index (χ3v) is 6.87. The summed E-state index contributed by atoms with van der Waals surface area (Å²) < 4.78 is 53.0. The summed E-state index contributed by atoms with van der Waals surface area (Å²) in [5, 5.41) is 2.88. The normalized spacial score (nSPS) is 13.1. The number of sulfonamides is 1. The number of hydrogen-bond acceptors (Lipinski definition) is 4. The van der Waals surface area contributed by atoms with Crippen molar-refractivity contribution in [2.24, 2.45) is 0 Å². The number of carbonyl (C=O) groups excluding carboxylic acids is 2. The van der Waals surface area contributed by atoms with Crippen LogP contribution in [-0.2, 0) is 26.2 Å². The summed E-state index contributed by atoms with van der Waals surface area (Å²) in [6.07, 6.45) is 1.87. The molecule has 0 spiro atoms. The van der Waals surface area contributed by atoms with Gasteiger partial charge in [0.05, 0.1) is 11.9 Å². The summed E-state index contributed by atoms with van der Waals surface area (Å²) in [5.74, 6) is -3.37. The van der Waals surface area contributed by atoms with E-state index in [1.54, 1.807) is 6.92 Å². The Morgan fingerprint density at radius 2 is 1.63 bits per heavy atom. The quantitative estimate of drug-likeness (QED) is 0.500. The highest BCUT2D eigenvalue weighted by molar-refractivity contribution is 7.92. The molecule has 2 aromatic rings. The van der Waals surface area contributed by atoms with Crippen LogP contribution in [0.4, 0.5) is 14.5 Å². The van der Waals surface area contributed by atoms with Crippen LogP contribution in [0.1, 0.15) is 44.7 Å². The van der Waals surface area contributed by atoms with Gasteiger partial charge in [-0.05, 0) is 44.4 Å². The molecule has 0 aliphatic carbocycles. The lowest BCUT2D eigenvalue weighted by Gasteiger charge is -2.33. The maximum atomic E-state index is 13.8. The number of carbonyl (C=O) groups is 2. The maximum absolute atomic E-state index is 13.8. The van der Waals surface area contributed by atoms with E-state index in [4.69, 9.17) is 0 Å². The lowest BCUT2D eigenvalue weighted by molar-refractivity contribution is -0.140. The Hall–Kier alpha value is -3.01. The standard InChI is InChI=1S/C25H33F2N3O4S/c1-6-18(4)28-25(32)23(7-2)29(15-19-10-8-17(3)9-11-19)24(31)16-30(35(5,33)34)20-12-13-21(26)22(27)14-20/h8-14,18,23H,6-7,15-16H2,1-5H3,(H,28,32)/t18-,23-/m1/s1. The van der Waals surface area contributed by atoms with Crippen molar-refractivity contribution >= 4 is 27.5 Å². The molecule has 0 aromatic heterocycles. The van der Waals surface area contributed by atoms with Gasteiger partial charge >= 0.3 is 0 Å². The van der Waals surface area contributed by atoms with Gasteiger partial charge in [-0.15, -0.1) is 0 Å². The van der Waals surface area contributed by atoms with E-state index in [-0.39, 0.29) is 24.2 Å². The molecule has 0 aliphatic heterocycles. The second-order valence-corrected chi connectivity index (χ2v) is 10.5. The average Bonchev–Trinajstić information content (AvgIpc) is 2.79. The number of rotatable bonds is 11. The van der Waals surface area contributed by atoms with E-state index < -0.39 is 40.2 Å². The molecule has 2 rings (SSSR count). The number of hydrogen-bond donors (Lipinski definition) is 1. The minimum atomic E-state index is -4.03. The second-order valence-electron chi connectivity index (χ2n) is 8.62. The smallest absolute Gasteiger partial charge is 0.244 e. The van der Waals surface area contributed by atoms with Gasteiger partial charge in [0.2, 0.25) is 21.8 Å². The van der Waals surface area contributed by atoms with Gasteiger partial charge in [-0.25, -0.2) is 17.2 Å². The predicted molar refractivity (Wildman–Crippen MR) is 132 cm³/mol. The van der Waals surface area contributed by atoms with Crippen LogP contribution >= 0.6 is 0 Å². The van der Waals surface area contributed by atoms with Crippen molar-refractivity contribution in [1.82, 2.24) is 10.2 Å². The van der Waals surface area contributed by atoms with Crippen molar-refractivity contribution in [2.75, 3.05) is 17.1 Å². The first-order chi connectivity index (χ1) is 16.4. The molecule has 10 heteroatoms. The van der Waals surface area contributed by atoms with Crippen molar-refractivity contribution in [3.63, 3.8) is 0 Å². The van der Waals surface area contributed by atoms with Gasteiger partial charge in [0.1, 0.15) is 12.6 Å². The number of halogens is 2. The molecule has 0 radical (unpaired) electrons. The van der Waals surface area contributed by atoms with E-state index in [1.165, 1.54) is 4.90 Å². The highest BCUT2D eigenvalue weighted by Gasteiger charge is 2.32. The van der Waals surface area contributed by atoms with Gasteiger partial charge in [-0.2, -0.15) is 0 Å². The van der Waals surface area contributed by atoms with Gasteiger partial charge < -0.3 is 10.2 Å². The lowest BCUT2D eigenvalue weighted by Crippen LogP contribution is -2.53. The highest BCUT2D eigenvalue weighted by atomic mass is 32.2. The molecule has 2 atom stereocenters. The molecule has 35 heavy (non-hydrogen) atoms. The van der Waals surface area contributed by atoms with Gasteiger partial charge in [-0.3, -0.25) is 13.9 Å². The van der Waals surface area contributed by atoms with Crippen molar-refractivity contribution in [3.8, 4) is 0 Å². The molecule has 0 bridgehead atoms. The summed E-state index contributed by atoms with van der Waals surface area (Å²) in [7, 11) is -4.03. The SMILES string of the molecule is CC[C@@H](C)NC(=O)[C@@H](CC)N(Cc1ccc(C)cc1)C(=O)CN(c1ccc(F)c(F)c1)S(C)(=O)=O. The van der Waals surface area contributed by atoms with Gasteiger partial charge in [0.25, 0.3) is 0 Å². The molecule has 0 saturated carbocycles. The van der Waals surface area contributed by atoms with E-state index in [0.717, 1.165) is 35.6 Å². The minimum Gasteiger partial charge on any atom is -0.352 e. The van der Waals surface area contributed by atoms with Crippen LogP contribution in [0.5, 0.6) is 0 Å². The Morgan fingerprint density at radius 1 is 1.00 bits per heavy atom. The third kappa shape index (κ3) is 7.74. The number of benzene rings is 2. The van der Waals surface area contributed by atoms with E-state index >= 15 is 0 Å². The van der Waals surface area contributed by atoms with Crippen molar-refractivity contribution in [1.29, 1.82) is 0 Å². The summed E-state index contributed by atoms with van der Waals surface area (Å²) in [6.45, 7) is 6.86. The van der Waals surface area contributed by atoms with Crippen LogP contribution < -0.4 is 9.62 Å². The summed E-state index contributed by atoms with van der Waals surface area (Å²) in [4.78, 5) is 27.9. The first kappa shape index (κ1) is 28.2. The maximum Gasteiger partial charge on any atom is 0.244 e. The van der Waals surface area contributed by atoms with Crippen LogP contribution in [0.3, 0.4) is 0 Å². The fourth-order valence-corrected chi connectivity index (χ4v) is 4.35. The fourth-order valence-electron chi connectivity index (χ4n) is 3.50. The molecule has 0 saturated heterocycles. The molecule has 0 aliphatic rings. The molecule has 7 nitrogen and oxygen atoms in total. The first-order valence-corrected chi connectivity index (χ1v) is 13.3. The van der Waals surface area contributed by atoms with Gasteiger partial charge in [-0.1, -0.05) is 43.7 Å². The molecule has 2 aromatic carbocycles. The van der Waals surface area contributed by atoms with Crippen molar-refractivity contribution in [2.45, 2.75) is 59.2 Å². The van der Waals surface area contributed by atoms with Crippen molar-refractivity contribution in [3.05, 3.63) is 65.2 Å². The van der Waals surface area contributed by atoms with Crippen LogP contribution in [0.2, 0.25) is 0 Å². The largest absolute Gasteiger partial charge is 0.352 e. The van der Waals surface area contributed by atoms with E-state index in [0.29, 0.717) is 17.1 Å². The van der Waals surface area contributed by atoms with Crippen LogP contribution in [-0.4, -0.2) is 50.0 Å². The Balaban J connectivity index is 2.45. The summed E-state index contributed by atoms with van der Waals surface area (Å²) in [5.41, 5.74) is 1.60. The zero-order chi connectivity index (χ0) is 26.3. The number of anilines is 1. The number of nitrogens with one attached hydrogen (secondary N) is 1. The van der Waals surface area contributed by atoms with E-state index in [2.05, 4.69) is 5.32 Å². The highest BCUT2D eigenvalue weighted by Crippen LogP contribution is 2.22. The molecule has 0 heterocycles. The molecule has 0 fully saturated rings. The number of amides is 2.